The van der Waals surface area contributed by atoms with Crippen molar-refractivity contribution in [1.82, 2.24) is 14.5 Å². The zero-order valence-corrected chi connectivity index (χ0v) is 16.6. The Balaban J connectivity index is 1.45. The first-order chi connectivity index (χ1) is 14.2. The van der Waals surface area contributed by atoms with Gasteiger partial charge in [0.2, 0.25) is 5.95 Å². The lowest BCUT2D eigenvalue weighted by Gasteiger charge is -2.35. The quantitative estimate of drug-likeness (QED) is 0.668. The van der Waals surface area contributed by atoms with E-state index in [1.165, 1.54) is 0 Å². The molecule has 0 aliphatic carbocycles. The van der Waals surface area contributed by atoms with Crippen molar-refractivity contribution in [3.05, 3.63) is 66.5 Å². The summed E-state index contributed by atoms with van der Waals surface area (Å²) in [6.07, 6.45) is 3.74. The van der Waals surface area contributed by atoms with E-state index in [1.54, 1.807) is 20.4 Å². The second kappa shape index (κ2) is 8.26. The maximum atomic E-state index is 12.8. The number of nitrogens with zero attached hydrogens (tertiary/aromatic N) is 4. The largest absolute Gasteiger partial charge is 0.497 e. The van der Waals surface area contributed by atoms with Gasteiger partial charge in [-0.3, -0.25) is 9.36 Å². The van der Waals surface area contributed by atoms with Gasteiger partial charge in [-0.1, -0.05) is 6.07 Å². The van der Waals surface area contributed by atoms with Crippen molar-refractivity contribution >= 4 is 11.9 Å². The van der Waals surface area contributed by atoms with Crippen molar-refractivity contribution in [2.75, 3.05) is 45.3 Å². The highest BCUT2D eigenvalue weighted by molar-refractivity contribution is 5.94. The number of ether oxygens (including phenoxy) is 2. The number of benzene rings is 2. The molecule has 1 aliphatic rings. The monoisotopic (exact) mass is 392 g/mol. The molecule has 0 atom stereocenters. The SMILES string of the molecule is COc1ccc(C(=O)N2CCN(c3nccn3-c3cccc(OC)c3)CC2)cc1. The molecular formula is C22H24N4O3. The Morgan fingerprint density at radius 2 is 1.66 bits per heavy atom. The van der Waals surface area contributed by atoms with Crippen molar-refractivity contribution < 1.29 is 14.3 Å². The van der Waals surface area contributed by atoms with Gasteiger partial charge in [-0.05, 0) is 36.4 Å². The van der Waals surface area contributed by atoms with Crippen molar-refractivity contribution in [1.29, 1.82) is 0 Å². The Kier molecular flexibility index (Phi) is 5.37. The van der Waals surface area contributed by atoms with Gasteiger partial charge in [0.05, 0.1) is 19.9 Å². The molecule has 29 heavy (non-hydrogen) atoms. The summed E-state index contributed by atoms with van der Waals surface area (Å²) in [4.78, 5) is 21.4. The molecule has 3 aromatic rings. The van der Waals surface area contributed by atoms with Gasteiger partial charge < -0.3 is 19.3 Å². The molecule has 0 radical (unpaired) electrons. The molecule has 0 bridgehead atoms. The maximum Gasteiger partial charge on any atom is 0.253 e. The molecule has 1 aromatic heterocycles. The van der Waals surface area contributed by atoms with Crippen LogP contribution in [0.15, 0.2) is 60.9 Å². The van der Waals surface area contributed by atoms with Crippen LogP contribution in [0, 0.1) is 0 Å². The summed E-state index contributed by atoms with van der Waals surface area (Å²) in [5.41, 5.74) is 1.67. The summed E-state index contributed by atoms with van der Waals surface area (Å²) < 4.78 is 12.5. The van der Waals surface area contributed by atoms with Crippen LogP contribution in [0.1, 0.15) is 10.4 Å². The van der Waals surface area contributed by atoms with E-state index in [0.717, 1.165) is 36.2 Å². The third-order valence-electron chi connectivity index (χ3n) is 5.14. The van der Waals surface area contributed by atoms with Gasteiger partial charge in [0.1, 0.15) is 11.5 Å². The molecule has 1 fully saturated rings. The van der Waals surface area contributed by atoms with E-state index in [-0.39, 0.29) is 5.91 Å². The van der Waals surface area contributed by atoms with Crippen LogP contribution in [0.5, 0.6) is 11.5 Å². The Morgan fingerprint density at radius 1 is 0.931 bits per heavy atom. The molecule has 1 aliphatic heterocycles. The zero-order chi connectivity index (χ0) is 20.2. The van der Waals surface area contributed by atoms with Crippen LogP contribution in [0.2, 0.25) is 0 Å². The molecule has 0 N–H and O–H groups in total. The summed E-state index contributed by atoms with van der Waals surface area (Å²) in [5, 5.41) is 0. The normalized spacial score (nSPS) is 14.0. The lowest BCUT2D eigenvalue weighted by Crippen LogP contribution is -2.49. The predicted molar refractivity (Wildman–Crippen MR) is 111 cm³/mol. The average Bonchev–Trinajstić information content (AvgIpc) is 3.29. The van der Waals surface area contributed by atoms with Crippen LogP contribution < -0.4 is 14.4 Å². The van der Waals surface area contributed by atoms with Gasteiger partial charge in [0.25, 0.3) is 5.91 Å². The molecule has 2 heterocycles. The summed E-state index contributed by atoms with van der Waals surface area (Å²) in [6, 6.07) is 15.1. The molecule has 150 valence electrons. The maximum absolute atomic E-state index is 12.8. The number of anilines is 1. The minimum absolute atomic E-state index is 0.0449. The van der Waals surface area contributed by atoms with E-state index in [1.807, 2.05) is 64.2 Å². The van der Waals surface area contributed by atoms with Gasteiger partial charge in [0, 0.05) is 50.2 Å². The smallest absolute Gasteiger partial charge is 0.253 e. The number of piperazine rings is 1. The lowest BCUT2D eigenvalue weighted by atomic mass is 10.1. The molecule has 1 saturated heterocycles. The number of imidazole rings is 1. The van der Waals surface area contributed by atoms with Gasteiger partial charge in [-0.2, -0.15) is 0 Å². The molecular weight excluding hydrogens is 368 g/mol. The highest BCUT2D eigenvalue weighted by Gasteiger charge is 2.24. The average molecular weight is 392 g/mol. The number of rotatable bonds is 5. The fourth-order valence-corrected chi connectivity index (χ4v) is 3.52. The van der Waals surface area contributed by atoms with Crippen molar-refractivity contribution in [3.63, 3.8) is 0 Å². The second-order valence-electron chi connectivity index (χ2n) is 6.81. The van der Waals surface area contributed by atoms with Crippen molar-refractivity contribution in [3.8, 4) is 17.2 Å². The van der Waals surface area contributed by atoms with E-state index in [4.69, 9.17) is 9.47 Å². The van der Waals surface area contributed by atoms with Crippen LogP contribution in [0.3, 0.4) is 0 Å². The van der Waals surface area contributed by atoms with Crippen LogP contribution in [0.4, 0.5) is 5.95 Å². The highest BCUT2D eigenvalue weighted by Crippen LogP contribution is 2.23. The number of hydrogen-bond donors (Lipinski definition) is 0. The number of aromatic nitrogens is 2. The van der Waals surface area contributed by atoms with E-state index < -0.39 is 0 Å². The van der Waals surface area contributed by atoms with Crippen molar-refractivity contribution in [2.45, 2.75) is 0 Å². The number of carbonyl (C=O) groups is 1. The van der Waals surface area contributed by atoms with E-state index in [9.17, 15) is 4.79 Å². The number of carbonyl (C=O) groups excluding carboxylic acids is 1. The summed E-state index contributed by atoms with van der Waals surface area (Å²) in [5.74, 6) is 2.46. The topological polar surface area (TPSA) is 59.8 Å². The summed E-state index contributed by atoms with van der Waals surface area (Å²) in [6.45, 7) is 2.75. The fraction of sp³-hybridized carbons (Fsp3) is 0.273. The van der Waals surface area contributed by atoms with E-state index in [2.05, 4.69) is 9.88 Å². The van der Waals surface area contributed by atoms with Crippen molar-refractivity contribution in [2.24, 2.45) is 0 Å². The van der Waals surface area contributed by atoms with Gasteiger partial charge in [-0.15, -0.1) is 0 Å². The van der Waals surface area contributed by atoms with Crippen LogP contribution in [0.25, 0.3) is 5.69 Å². The molecule has 0 saturated carbocycles. The molecule has 7 nitrogen and oxygen atoms in total. The van der Waals surface area contributed by atoms with Crippen LogP contribution in [-0.4, -0.2) is 60.8 Å². The molecule has 4 rings (SSSR count). The van der Waals surface area contributed by atoms with E-state index >= 15 is 0 Å². The molecule has 7 heteroatoms. The van der Waals surface area contributed by atoms with Gasteiger partial charge in [0.15, 0.2) is 0 Å². The third kappa shape index (κ3) is 3.89. The Bertz CT molecular complexity index is 976. The second-order valence-corrected chi connectivity index (χ2v) is 6.81. The molecule has 0 spiro atoms. The molecule has 2 aromatic carbocycles. The van der Waals surface area contributed by atoms with Crippen LogP contribution in [-0.2, 0) is 0 Å². The Labute approximate surface area is 170 Å². The van der Waals surface area contributed by atoms with Crippen LogP contribution >= 0.6 is 0 Å². The fourth-order valence-electron chi connectivity index (χ4n) is 3.52. The first-order valence-electron chi connectivity index (χ1n) is 9.55. The number of hydrogen-bond acceptors (Lipinski definition) is 5. The molecule has 0 unspecified atom stereocenters. The predicted octanol–water partition coefficient (Wildman–Crippen LogP) is 2.85. The first-order valence-corrected chi connectivity index (χ1v) is 9.55. The summed E-state index contributed by atoms with van der Waals surface area (Å²) in [7, 11) is 3.28. The number of amides is 1. The minimum Gasteiger partial charge on any atom is -0.497 e. The van der Waals surface area contributed by atoms with Gasteiger partial charge >= 0.3 is 0 Å². The minimum atomic E-state index is 0.0449. The summed E-state index contributed by atoms with van der Waals surface area (Å²) >= 11 is 0. The number of methoxy groups -OCH3 is 2. The standard InChI is InChI=1S/C22H24N4O3/c1-28-19-8-6-17(7-9-19)21(27)24-12-14-25(15-13-24)22-23-10-11-26(22)18-4-3-5-20(16-18)29-2/h3-11,16H,12-15H2,1-2H3. The molecule has 1 amide bonds. The Hall–Kier alpha value is -3.48. The zero-order valence-electron chi connectivity index (χ0n) is 16.6. The lowest BCUT2D eigenvalue weighted by molar-refractivity contribution is 0.0746. The highest BCUT2D eigenvalue weighted by atomic mass is 16.5. The van der Waals surface area contributed by atoms with E-state index in [0.29, 0.717) is 18.7 Å². The Morgan fingerprint density at radius 3 is 2.34 bits per heavy atom. The first kappa shape index (κ1) is 18.9. The third-order valence-corrected chi connectivity index (χ3v) is 5.14. The van der Waals surface area contributed by atoms with Gasteiger partial charge in [-0.25, -0.2) is 4.98 Å².